The van der Waals surface area contributed by atoms with Gasteiger partial charge in [0.05, 0.1) is 25.3 Å². The van der Waals surface area contributed by atoms with Gasteiger partial charge in [0, 0.05) is 12.1 Å². The molecule has 0 radical (unpaired) electrons. The van der Waals surface area contributed by atoms with Crippen LogP contribution in [0.3, 0.4) is 0 Å². The molecule has 3 rings (SSSR count). The molecule has 0 unspecified atom stereocenters. The summed E-state index contributed by atoms with van der Waals surface area (Å²) < 4.78 is 5.14. The molecule has 134 valence electrons. The summed E-state index contributed by atoms with van der Waals surface area (Å²) in [6.07, 6.45) is 0. The van der Waals surface area contributed by atoms with Gasteiger partial charge in [-0.25, -0.2) is 0 Å². The van der Waals surface area contributed by atoms with Gasteiger partial charge < -0.3 is 19.8 Å². The van der Waals surface area contributed by atoms with Crippen molar-refractivity contribution in [1.29, 1.82) is 0 Å². The van der Waals surface area contributed by atoms with E-state index in [2.05, 4.69) is 0 Å². The van der Waals surface area contributed by atoms with E-state index in [0.717, 1.165) is 0 Å². The average Bonchev–Trinajstić information content (AvgIpc) is 2.93. The molecule has 0 aliphatic carbocycles. The zero-order valence-corrected chi connectivity index (χ0v) is 14.3. The summed E-state index contributed by atoms with van der Waals surface area (Å²) in [5.41, 5.74) is 1.11. The Bertz CT molecular complexity index is 842. The molecule has 0 bridgehead atoms. The SMILES string of the molecule is COc1ccc([C@H]2C(=C(O)c3ccccc3)C(=O)C(=O)N2CCO)cc1. The number of hydrogen-bond acceptors (Lipinski definition) is 5. The van der Waals surface area contributed by atoms with E-state index in [-0.39, 0.29) is 24.5 Å². The van der Waals surface area contributed by atoms with Crippen molar-refractivity contribution in [3.05, 3.63) is 71.3 Å². The maximum absolute atomic E-state index is 12.6. The van der Waals surface area contributed by atoms with Crippen molar-refractivity contribution < 1.29 is 24.5 Å². The molecular formula is C20H19NO5. The monoisotopic (exact) mass is 353 g/mol. The first-order chi connectivity index (χ1) is 12.6. The van der Waals surface area contributed by atoms with Gasteiger partial charge in [0.2, 0.25) is 0 Å². The summed E-state index contributed by atoms with van der Waals surface area (Å²) in [6.45, 7) is -0.294. The molecule has 1 fully saturated rings. The minimum absolute atomic E-state index is 0.00710. The van der Waals surface area contributed by atoms with Crippen LogP contribution in [0.15, 0.2) is 60.2 Å². The summed E-state index contributed by atoms with van der Waals surface area (Å²) in [5, 5.41) is 20.0. The fraction of sp³-hybridized carbons (Fsp3) is 0.200. The van der Waals surface area contributed by atoms with Crippen LogP contribution in [0.1, 0.15) is 17.2 Å². The Morgan fingerprint density at radius 1 is 1.08 bits per heavy atom. The Morgan fingerprint density at radius 3 is 2.31 bits per heavy atom. The first-order valence-corrected chi connectivity index (χ1v) is 8.17. The maximum atomic E-state index is 12.6. The largest absolute Gasteiger partial charge is 0.507 e. The Balaban J connectivity index is 2.15. The van der Waals surface area contributed by atoms with Crippen LogP contribution < -0.4 is 4.74 Å². The van der Waals surface area contributed by atoms with Crippen LogP contribution in [0.25, 0.3) is 5.76 Å². The van der Waals surface area contributed by atoms with Crippen molar-refractivity contribution in [3.8, 4) is 5.75 Å². The molecule has 6 heteroatoms. The summed E-state index contributed by atoms with van der Waals surface area (Å²) in [4.78, 5) is 26.3. The third kappa shape index (κ3) is 3.07. The third-order valence-electron chi connectivity index (χ3n) is 4.36. The Hall–Kier alpha value is -3.12. The number of Topliss-reactive ketones (excluding diaryl/α,β-unsaturated/α-hetero) is 1. The Morgan fingerprint density at radius 2 is 1.73 bits per heavy atom. The van der Waals surface area contributed by atoms with E-state index >= 15 is 0 Å². The van der Waals surface area contributed by atoms with Crippen LogP contribution in [0, 0.1) is 0 Å². The highest BCUT2D eigenvalue weighted by atomic mass is 16.5. The summed E-state index contributed by atoms with van der Waals surface area (Å²) >= 11 is 0. The van der Waals surface area contributed by atoms with Crippen LogP contribution in [0.5, 0.6) is 5.75 Å². The molecule has 1 aliphatic heterocycles. The molecule has 0 saturated carbocycles. The number of amides is 1. The molecule has 0 spiro atoms. The van der Waals surface area contributed by atoms with Gasteiger partial charge >= 0.3 is 0 Å². The molecule has 1 amide bonds. The number of carbonyl (C=O) groups is 2. The van der Waals surface area contributed by atoms with E-state index in [9.17, 15) is 19.8 Å². The molecule has 1 atom stereocenters. The van der Waals surface area contributed by atoms with Crippen LogP contribution in [-0.4, -0.2) is 47.1 Å². The zero-order chi connectivity index (χ0) is 18.7. The number of benzene rings is 2. The minimum Gasteiger partial charge on any atom is -0.507 e. The van der Waals surface area contributed by atoms with Gasteiger partial charge in [0.1, 0.15) is 11.5 Å². The van der Waals surface area contributed by atoms with Gasteiger partial charge in [0.25, 0.3) is 11.7 Å². The first kappa shape index (κ1) is 17.7. The van der Waals surface area contributed by atoms with E-state index in [1.54, 1.807) is 61.7 Å². The van der Waals surface area contributed by atoms with Crippen molar-refractivity contribution in [1.82, 2.24) is 4.90 Å². The number of nitrogens with zero attached hydrogens (tertiary/aromatic N) is 1. The fourth-order valence-electron chi connectivity index (χ4n) is 3.10. The molecule has 2 N–H and O–H groups in total. The van der Waals surface area contributed by atoms with Crippen molar-refractivity contribution in [2.45, 2.75) is 6.04 Å². The predicted molar refractivity (Wildman–Crippen MR) is 95.5 cm³/mol. The van der Waals surface area contributed by atoms with Gasteiger partial charge in [0.15, 0.2) is 0 Å². The fourth-order valence-corrected chi connectivity index (χ4v) is 3.10. The van der Waals surface area contributed by atoms with Gasteiger partial charge in [-0.15, -0.1) is 0 Å². The zero-order valence-electron chi connectivity index (χ0n) is 14.3. The highest BCUT2D eigenvalue weighted by molar-refractivity contribution is 6.46. The number of β-amino-alcohol motifs (C(OH)–C–C–N with tert-alkyl or cyclic N) is 1. The number of methoxy groups -OCH3 is 1. The van der Waals surface area contributed by atoms with E-state index in [1.165, 1.54) is 4.90 Å². The average molecular weight is 353 g/mol. The molecule has 1 aliphatic rings. The lowest BCUT2D eigenvalue weighted by molar-refractivity contribution is -0.140. The van der Waals surface area contributed by atoms with E-state index < -0.39 is 17.7 Å². The normalized spacial score (nSPS) is 19.0. The smallest absolute Gasteiger partial charge is 0.295 e. The highest BCUT2D eigenvalue weighted by Crippen LogP contribution is 2.39. The van der Waals surface area contributed by atoms with Crippen molar-refractivity contribution in [3.63, 3.8) is 0 Å². The molecule has 2 aromatic carbocycles. The van der Waals surface area contributed by atoms with E-state index in [0.29, 0.717) is 16.9 Å². The number of aliphatic hydroxyl groups excluding tert-OH is 2. The quantitative estimate of drug-likeness (QED) is 0.488. The minimum atomic E-state index is -0.770. The summed E-state index contributed by atoms with van der Waals surface area (Å²) in [5.74, 6) is -1.10. The molecule has 1 saturated heterocycles. The van der Waals surface area contributed by atoms with Gasteiger partial charge in [-0.2, -0.15) is 0 Å². The Kier molecular flexibility index (Phi) is 5.04. The van der Waals surface area contributed by atoms with Gasteiger partial charge in [-0.1, -0.05) is 42.5 Å². The number of rotatable bonds is 5. The van der Waals surface area contributed by atoms with E-state index in [1.807, 2.05) is 0 Å². The van der Waals surface area contributed by atoms with Gasteiger partial charge in [-0.3, -0.25) is 9.59 Å². The van der Waals surface area contributed by atoms with Crippen LogP contribution >= 0.6 is 0 Å². The van der Waals surface area contributed by atoms with Crippen LogP contribution in [-0.2, 0) is 9.59 Å². The second kappa shape index (κ2) is 7.41. The third-order valence-corrected chi connectivity index (χ3v) is 4.36. The number of carbonyl (C=O) groups excluding carboxylic acids is 2. The topological polar surface area (TPSA) is 87.1 Å². The number of aliphatic hydroxyl groups is 2. The van der Waals surface area contributed by atoms with Crippen molar-refractivity contribution in [2.24, 2.45) is 0 Å². The van der Waals surface area contributed by atoms with Crippen LogP contribution in [0.4, 0.5) is 0 Å². The number of ether oxygens (including phenoxy) is 1. The van der Waals surface area contributed by atoms with Crippen LogP contribution in [0.2, 0.25) is 0 Å². The first-order valence-electron chi connectivity index (χ1n) is 8.17. The summed E-state index contributed by atoms with van der Waals surface area (Å²) in [6, 6.07) is 14.7. The molecule has 0 aromatic heterocycles. The second-order valence-corrected chi connectivity index (χ2v) is 5.86. The standard InChI is InChI=1S/C20H19NO5/c1-26-15-9-7-13(8-10-15)17-16(18(23)14-5-3-2-4-6-14)19(24)20(25)21(17)11-12-22/h2-10,17,22-23H,11-12H2,1H3/t17-/m0/s1. The number of hydrogen-bond donors (Lipinski definition) is 2. The lowest BCUT2D eigenvalue weighted by atomic mass is 9.95. The lowest BCUT2D eigenvalue weighted by Gasteiger charge is -2.24. The van der Waals surface area contributed by atoms with E-state index in [4.69, 9.17) is 4.74 Å². The van der Waals surface area contributed by atoms with Gasteiger partial charge in [-0.05, 0) is 17.7 Å². The molecule has 1 heterocycles. The highest BCUT2D eigenvalue weighted by Gasteiger charge is 2.45. The van der Waals surface area contributed by atoms with Crippen molar-refractivity contribution in [2.75, 3.05) is 20.3 Å². The number of likely N-dealkylation sites (tertiary alicyclic amines) is 1. The predicted octanol–water partition coefficient (Wildman–Crippen LogP) is 2.11. The second-order valence-electron chi connectivity index (χ2n) is 5.86. The lowest BCUT2D eigenvalue weighted by Crippen LogP contribution is -2.32. The molecule has 6 nitrogen and oxygen atoms in total. The molecule has 26 heavy (non-hydrogen) atoms. The molecular weight excluding hydrogens is 334 g/mol. The van der Waals surface area contributed by atoms with Crippen molar-refractivity contribution >= 4 is 17.4 Å². The maximum Gasteiger partial charge on any atom is 0.295 e. The Labute approximate surface area is 150 Å². The molecule has 2 aromatic rings. The summed E-state index contributed by atoms with van der Waals surface area (Å²) in [7, 11) is 1.54. The number of ketones is 1.